The Morgan fingerprint density at radius 2 is 2.04 bits per heavy atom. The Labute approximate surface area is 144 Å². The molecule has 3 aromatic heterocycles. The first kappa shape index (κ1) is 15.2. The van der Waals surface area contributed by atoms with E-state index in [1.807, 2.05) is 32.9 Å². The van der Waals surface area contributed by atoms with E-state index < -0.39 is 0 Å². The molecule has 6 heteroatoms. The number of aromatic nitrogens is 3. The van der Waals surface area contributed by atoms with Crippen LogP contribution in [0, 0.1) is 20.8 Å². The fourth-order valence-electron chi connectivity index (χ4n) is 2.88. The van der Waals surface area contributed by atoms with Crippen molar-refractivity contribution in [2.75, 3.05) is 5.32 Å². The number of rotatable bonds is 3. The predicted octanol–water partition coefficient (Wildman–Crippen LogP) is 4.14. The number of nitrogens with zero attached hydrogens (tertiary/aromatic N) is 3. The van der Waals surface area contributed by atoms with Gasteiger partial charge in [-0.1, -0.05) is 0 Å². The highest BCUT2D eigenvalue weighted by Gasteiger charge is 2.28. The van der Waals surface area contributed by atoms with E-state index in [4.69, 9.17) is 4.98 Å². The lowest BCUT2D eigenvalue weighted by Crippen LogP contribution is -2.12. The van der Waals surface area contributed by atoms with E-state index in [1.54, 1.807) is 6.20 Å². The molecule has 0 aliphatic heterocycles. The van der Waals surface area contributed by atoms with Crippen molar-refractivity contribution in [1.82, 2.24) is 15.0 Å². The minimum atomic E-state index is -0.138. The second kappa shape index (κ2) is 5.63. The normalized spacial score (nSPS) is 14.1. The quantitative estimate of drug-likeness (QED) is 0.779. The third-order valence-corrected chi connectivity index (χ3v) is 5.48. The fraction of sp³-hybridized carbons (Fsp3) is 0.333. The van der Waals surface area contributed by atoms with Crippen molar-refractivity contribution in [2.45, 2.75) is 39.5 Å². The van der Waals surface area contributed by atoms with Crippen LogP contribution < -0.4 is 5.32 Å². The van der Waals surface area contributed by atoms with Gasteiger partial charge in [-0.2, -0.15) is 0 Å². The second-order valence-corrected chi connectivity index (χ2v) is 7.35. The van der Waals surface area contributed by atoms with Gasteiger partial charge in [0.05, 0.1) is 10.6 Å². The number of hydrogen-bond donors (Lipinski definition) is 1. The first-order valence-corrected chi connectivity index (χ1v) is 8.86. The van der Waals surface area contributed by atoms with Crippen LogP contribution in [0.25, 0.3) is 10.2 Å². The first-order valence-electron chi connectivity index (χ1n) is 8.04. The molecule has 1 fully saturated rings. The smallest absolute Gasteiger partial charge is 0.267 e. The van der Waals surface area contributed by atoms with E-state index in [-0.39, 0.29) is 5.91 Å². The number of hydrogen-bond acceptors (Lipinski definition) is 5. The van der Waals surface area contributed by atoms with Gasteiger partial charge in [0.1, 0.15) is 16.5 Å². The van der Waals surface area contributed by atoms with Crippen LogP contribution >= 0.6 is 11.3 Å². The molecule has 0 atom stereocenters. The third-order valence-electron chi connectivity index (χ3n) is 4.29. The number of anilines is 1. The number of aryl methyl sites for hydroxylation is 3. The largest absolute Gasteiger partial charge is 0.306 e. The van der Waals surface area contributed by atoms with E-state index in [0.717, 1.165) is 32.9 Å². The summed E-state index contributed by atoms with van der Waals surface area (Å²) in [5.41, 5.74) is 2.97. The standard InChI is InChI=1S/C18H18N4OS/c1-9-6-7-19-13(8-9)21-17(23)15-10(2)14-11(3)20-16(12-4-5-12)22-18(14)24-15/h6-8,12H,4-5H2,1-3H3,(H,19,21,23). The van der Waals surface area contributed by atoms with Gasteiger partial charge in [0.25, 0.3) is 5.91 Å². The summed E-state index contributed by atoms with van der Waals surface area (Å²) in [6.07, 6.45) is 4.03. The van der Waals surface area contributed by atoms with Crippen molar-refractivity contribution in [3.63, 3.8) is 0 Å². The third kappa shape index (κ3) is 2.67. The van der Waals surface area contributed by atoms with Crippen LogP contribution in [0.2, 0.25) is 0 Å². The maximum Gasteiger partial charge on any atom is 0.267 e. The molecule has 0 spiro atoms. The van der Waals surface area contributed by atoms with Crippen LogP contribution in [0.1, 0.15) is 51.1 Å². The summed E-state index contributed by atoms with van der Waals surface area (Å²) in [5, 5.41) is 3.89. The number of fused-ring (bicyclic) bond motifs is 1. The summed E-state index contributed by atoms with van der Waals surface area (Å²) in [7, 11) is 0. The lowest BCUT2D eigenvalue weighted by molar-refractivity contribution is 0.102. The Balaban J connectivity index is 1.72. The minimum absolute atomic E-state index is 0.138. The molecular formula is C18H18N4OS. The highest BCUT2D eigenvalue weighted by molar-refractivity contribution is 7.20. The zero-order chi connectivity index (χ0) is 16.8. The summed E-state index contributed by atoms with van der Waals surface area (Å²) in [4.78, 5) is 27.8. The van der Waals surface area contributed by atoms with E-state index >= 15 is 0 Å². The van der Waals surface area contributed by atoms with Crippen LogP contribution in [0.3, 0.4) is 0 Å². The van der Waals surface area contributed by atoms with Gasteiger partial charge in [0, 0.05) is 17.5 Å². The van der Waals surface area contributed by atoms with Gasteiger partial charge in [-0.3, -0.25) is 4.79 Å². The Morgan fingerprint density at radius 3 is 2.75 bits per heavy atom. The molecule has 122 valence electrons. The van der Waals surface area contributed by atoms with Crippen molar-refractivity contribution < 1.29 is 4.79 Å². The van der Waals surface area contributed by atoms with Crippen LogP contribution in [0.15, 0.2) is 18.3 Å². The van der Waals surface area contributed by atoms with E-state index in [9.17, 15) is 4.79 Å². The van der Waals surface area contributed by atoms with Gasteiger partial charge in [-0.05, 0) is 56.9 Å². The maximum atomic E-state index is 12.7. The number of nitrogens with one attached hydrogen (secondary N) is 1. The van der Waals surface area contributed by atoms with E-state index in [2.05, 4.69) is 15.3 Å². The summed E-state index contributed by atoms with van der Waals surface area (Å²) < 4.78 is 0. The zero-order valence-electron chi connectivity index (χ0n) is 13.9. The monoisotopic (exact) mass is 338 g/mol. The highest BCUT2D eigenvalue weighted by atomic mass is 32.1. The Hall–Kier alpha value is -2.34. The van der Waals surface area contributed by atoms with Crippen molar-refractivity contribution >= 4 is 33.3 Å². The molecule has 1 saturated carbocycles. The summed E-state index contributed by atoms with van der Waals surface area (Å²) in [6.45, 7) is 5.93. The van der Waals surface area contributed by atoms with Crippen molar-refractivity contribution in [1.29, 1.82) is 0 Å². The van der Waals surface area contributed by atoms with Gasteiger partial charge in [0.2, 0.25) is 0 Å². The number of thiophene rings is 1. The molecule has 24 heavy (non-hydrogen) atoms. The zero-order valence-corrected chi connectivity index (χ0v) is 14.7. The Bertz CT molecular complexity index is 959. The molecule has 3 aromatic rings. The molecule has 1 amide bonds. The Morgan fingerprint density at radius 1 is 1.25 bits per heavy atom. The topological polar surface area (TPSA) is 67.8 Å². The van der Waals surface area contributed by atoms with Gasteiger partial charge in [-0.25, -0.2) is 15.0 Å². The summed E-state index contributed by atoms with van der Waals surface area (Å²) in [5.74, 6) is 1.86. The molecule has 0 saturated heterocycles. The van der Waals surface area contributed by atoms with Crippen LogP contribution in [-0.4, -0.2) is 20.9 Å². The minimum Gasteiger partial charge on any atom is -0.306 e. The summed E-state index contributed by atoms with van der Waals surface area (Å²) >= 11 is 1.44. The van der Waals surface area contributed by atoms with Crippen LogP contribution in [-0.2, 0) is 0 Å². The average molecular weight is 338 g/mol. The number of amides is 1. The number of carbonyl (C=O) groups excluding carboxylic acids is 1. The average Bonchev–Trinajstić information content (AvgIpc) is 3.31. The number of carbonyl (C=O) groups is 1. The van der Waals surface area contributed by atoms with Gasteiger partial charge in [-0.15, -0.1) is 11.3 Å². The van der Waals surface area contributed by atoms with Crippen LogP contribution in [0.4, 0.5) is 5.82 Å². The molecule has 4 rings (SSSR count). The fourth-order valence-corrected chi connectivity index (χ4v) is 4.01. The van der Waals surface area contributed by atoms with E-state index in [1.165, 1.54) is 24.2 Å². The van der Waals surface area contributed by atoms with Gasteiger partial charge in [0.15, 0.2) is 0 Å². The number of pyridine rings is 1. The van der Waals surface area contributed by atoms with Crippen molar-refractivity contribution in [3.8, 4) is 0 Å². The molecular weight excluding hydrogens is 320 g/mol. The summed E-state index contributed by atoms with van der Waals surface area (Å²) in [6, 6.07) is 3.76. The van der Waals surface area contributed by atoms with Crippen LogP contribution in [0.5, 0.6) is 0 Å². The Kier molecular flexibility index (Phi) is 3.57. The molecule has 3 heterocycles. The first-order chi connectivity index (χ1) is 11.5. The molecule has 5 nitrogen and oxygen atoms in total. The SMILES string of the molecule is Cc1ccnc(NC(=O)c2sc3nc(C4CC4)nc(C)c3c2C)c1. The predicted molar refractivity (Wildman–Crippen MR) is 95.8 cm³/mol. The highest BCUT2D eigenvalue weighted by Crippen LogP contribution is 2.40. The lowest BCUT2D eigenvalue weighted by atomic mass is 10.1. The van der Waals surface area contributed by atoms with E-state index in [0.29, 0.717) is 16.6 Å². The maximum absolute atomic E-state index is 12.7. The molecule has 1 aliphatic carbocycles. The lowest BCUT2D eigenvalue weighted by Gasteiger charge is -2.04. The molecule has 0 radical (unpaired) electrons. The molecule has 1 aliphatic rings. The molecule has 0 aromatic carbocycles. The molecule has 0 bridgehead atoms. The van der Waals surface area contributed by atoms with Gasteiger partial charge >= 0.3 is 0 Å². The van der Waals surface area contributed by atoms with Gasteiger partial charge < -0.3 is 5.32 Å². The second-order valence-electron chi connectivity index (χ2n) is 6.35. The molecule has 1 N–H and O–H groups in total. The van der Waals surface area contributed by atoms with Crippen molar-refractivity contribution in [3.05, 3.63) is 45.9 Å². The molecule has 0 unspecified atom stereocenters. The van der Waals surface area contributed by atoms with Crippen molar-refractivity contribution in [2.24, 2.45) is 0 Å².